The summed E-state index contributed by atoms with van der Waals surface area (Å²) in [5.41, 5.74) is 2.21. The fourth-order valence-electron chi connectivity index (χ4n) is 3.87. The van der Waals surface area contributed by atoms with Crippen LogP contribution in [-0.4, -0.2) is 45.5 Å². The van der Waals surface area contributed by atoms with E-state index in [0.717, 1.165) is 43.7 Å². The summed E-state index contributed by atoms with van der Waals surface area (Å²) in [7, 11) is -1.77. The van der Waals surface area contributed by atoms with Crippen LogP contribution in [0.2, 0.25) is 0 Å². The van der Waals surface area contributed by atoms with E-state index < -0.39 is 10.0 Å². The number of benzene rings is 2. The van der Waals surface area contributed by atoms with E-state index in [4.69, 9.17) is 4.74 Å². The summed E-state index contributed by atoms with van der Waals surface area (Å²) >= 11 is 0. The first-order valence-electron chi connectivity index (χ1n) is 10.5. The topological polar surface area (TPSA) is 75.7 Å². The number of likely N-dealkylation sites (tertiary alicyclic amines) is 1. The fraction of sp³-hybridized carbons (Fsp3) is 0.435. The van der Waals surface area contributed by atoms with Crippen LogP contribution in [0.15, 0.2) is 53.4 Å². The standard InChI is InChI=1S/C23H28N2O4S/c1-29-21-9-5-18(6-10-21)19-14-15-25(16-19)23(26)13-4-17-2-11-22(12-3-17)30(27,28)24-20-7-8-20/h2-3,5-6,9-12,19-20,24H,4,7-8,13-16H2,1H3. The Hall–Kier alpha value is -2.38. The monoisotopic (exact) mass is 428 g/mol. The Bertz CT molecular complexity index is 983. The lowest BCUT2D eigenvalue weighted by Gasteiger charge is -2.17. The van der Waals surface area contributed by atoms with Crippen molar-refractivity contribution in [2.75, 3.05) is 20.2 Å². The highest BCUT2D eigenvalue weighted by atomic mass is 32.2. The third-order valence-corrected chi connectivity index (χ3v) is 7.42. The van der Waals surface area contributed by atoms with E-state index in [9.17, 15) is 13.2 Å². The van der Waals surface area contributed by atoms with Crippen LogP contribution >= 0.6 is 0 Å². The molecule has 0 spiro atoms. The van der Waals surface area contributed by atoms with Crippen LogP contribution in [-0.2, 0) is 21.2 Å². The Morgan fingerprint density at radius 1 is 1.07 bits per heavy atom. The van der Waals surface area contributed by atoms with E-state index in [2.05, 4.69) is 16.9 Å². The largest absolute Gasteiger partial charge is 0.497 e. The van der Waals surface area contributed by atoms with Crippen LogP contribution in [0, 0.1) is 0 Å². The molecule has 2 aromatic carbocycles. The minimum Gasteiger partial charge on any atom is -0.497 e. The smallest absolute Gasteiger partial charge is 0.240 e. The van der Waals surface area contributed by atoms with Gasteiger partial charge in [-0.2, -0.15) is 0 Å². The molecule has 7 heteroatoms. The van der Waals surface area contributed by atoms with Crippen molar-refractivity contribution in [3.8, 4) is 5.75 Å². The molecule has 30 heavy (non-hydrogen) atoms. The first kappa shape index (κ1) is 20.9. The van der Waals surface area contributed by atoms with E-state index >= 15 is 0 Å². The lowest BCUT2D eigenvalue weighted by molar-refractivity contribution is -0.130. The minimum atomic E-state index is -3.43. The molecule has 1 aliphatic carbocycles. The van der Waals surface area contributed by atoms with Crippen molar-refractivity contribution >= 4 is 15.9 Å². The molecule has 6 nitrogen and oxygen atoms in total. The van der Waals surface area contributed by atoms with E-state index in [0.29, 0.717) is 18.8 Å². The van der Waals surface area contributed by atoms with Crippen LogP contribution in [0.25, 0.3) is 0 Å². The highest BCUT2D eigenvalue weighted by Gasteiger charge is 2.28. The van der Waals surface area contributed by atoms with Gasteiger partial charge in [0.25, 0.3) is 0 Å². The summed E-state index contributed by atoms with van der Waals surface area (Å²) in [6, 6.07) is 15.0. The van der Waals surface area contributed by atoms with E-state index in [1.54, 1.807) is 31.4 Å². The van der Waals surface area contributed by atoms with Crippen LogP contribution in [0.3, 0.4) is 0 Å². The van der Waals surface area contributed by atoms with Crippen molar-refractivity contribution in [2.45, 2.75) is 49.0 Å². The second kappa shape index (κ2) is 8.78. The number of nitrogens with one attached hydrogen (secondary N) is 1. The zero-order valence-corrected chi connectivity index (χ0v) is 18.0. The number of rotatable bonds is 8. The number of ether oxygens (including phenoxy) is 1. The van der Waals surface area contributed by atoms with Crippen molar-refractivity contribution in [1.29, 1.82) is 0 Å². The van der Waals surface area contributed by atoms with E-state index in [1.807, 2.05) is 17.0 Å². The molecule has 1 aliphatic heterocycles. The molecule has 4 rings (SSSR count). The van der Waals surface area contributed by atoms with Gasteiger partial charge in [-0.1, -0.05) is 24.3 Å². The molecule has 1 unspecified atom stereocenters. The summed E-state index contributed by atoms with van der Waals surface area (Å²) in [4.78, 5) is 14.9. The number of methoxy groups -OCH3 is 1. The van der Waals surface area contributed by atoms with Gasteiger partial charge in [0.15, 0.2) is 0 Å². The Morgan fingerprint density at radius 3 is 2.40 bits per heavy atom. The molecule has 0 radical (unpaired) electrons. The van der Waals surface area contributed by atoms with Crippen molar-refractivity contribution in [1.82, 2.24) is 9.62 Å². The summed E-state index contributed by atoms with van der Waals surface area (Å²) in [5, 5.41) is 0. The third kappa shape index (κ3) is 5.02. The maximum absolute atomic E-state index is 12.7. The first-order chi connectivity index (χ1) is 14.4. The molecule has 1 amide bonds. The molecule has 1 atom stereocenters. The van der Waals surface area contributed by atoms with Gasteiger partial charge in [0.05, 0.1) is 12.0 Å². The fourth-order valence-corrected chi connectivity index (χ4v) is 5.17. The third-order valence-electron chi connectivity index (χ3n) is 5.89. The molecule has 2 fully saturated rings. The number of carbonyl (C=O) groups is 1. The van der Waals surface area contributed by atoms with Gasteiger partial charge >= 0.3 is 0 Å². The second-order valence-corrected chi connectivity index (χ2v) is 9.85. The predicted octanol–water partition coefficient (Wildman–Crippen LogP) is 3.08. The van der Waals surface area contributed by atoms with Gasteiger partial charge < -0.3 is 9.64 Å². The number of nitrogens with zero attached hydrogens (tertiary/aromatic N) is 1. The molecule has 2 aliphatic rings. The first-order valence-corrected chi connectivity index (χ1v) is 12.0. The highest BCUT2D eigenvalue weighted by molar-refractivity contribution is 7.89. The van der Waals surface area contributed by atoms with Crippen LogP contribution in [0.5, 0.6) is 5.75 Å². The number of carbonyl (C=O) groups excluding carboxylic acids is 1. The molecule has 160 valence electrons. The van der Waals surface area contributed by atoms with E-state index in [-0.39, 0.29) is 16.8 Å². The molecule has 1 heterocycles. The van der Waals surface area contributed by atoms with Gasteiger partial charge in [-0.15, -0.1) is 0 Å². The Morgan fingerprint density at radius 2 is 1.77 bits per heavy atom. The average Bonchev–Trinajstić information content (AvgIpc) is 3.42. The molecule has 1 N–H and O–H groups in total. The minimum absolute atomic E-state index is 0.0921. The molecule has 1 saturated heterocycles. The van der Waals surface area contributed by atoms with Crippen LogP contribution in [0.1, 0.15) is 42.7 Å². The molecular weight excluding hydrogens is 400 g/mol. The Kier molecular flexibility index (Phi) is 6.11. The van der Waals surface area contributed by atoms with Crippen LogP contribution < -0.4 is 9.46 Å². The summed E-state index contributed by atoms with van der Waals surface area (Å²) < 4.78 is 32.4. The highest BCUT2D eigenvalue weighted by Crippen LogP contribution is 2.29. The molecule has 0 aromatic heterocycles. The van der Waals surface area contributed by atoms with Gasteiger partial charge in [0.2, 0.25) is 15.9 Å². The maximum Gasteiger partial charge on any atom is 0.240 e. The van der Waals surface area contributed by atoms with Gasteiger partial charge in [0, 0.05) is 31.5 Å². The number of sulfonamides is 1. The number of hydrogen-bond donors (Lipinski definition) is 1. The van der Waals surface area contributed by atoms with Crippen molar-refractivity contribution in [3.63, 3.8) is 0 Å². The van der Waals surface area contributed by atoms with Gasteiger partial charge in [0.1, 0.15) is 5.75 Å². The Balaban J connectivity index is 1.28. The van der Waals surface area contributed by atoms with Crippen molar-refractivity contribution in [2.24, 2.45) is 0 Å². The number of amides is 1. The lowest BCUT2D eigenvalue weighted by atomic mass is 9.98. The SMILES string of the molecule is COc1ccc(C2CCN(C(=O)CCc3ccc(S(=O)(=O)NC4CC4)cc3)C2)cc1. The summed E-state index contributed by atoms with van der Waals surface area (Å²) in [5.74, 6) is 1.35. The number of aryl methyl sites for hydroxylation is 1. The zero-order chi connectivity index (χ0) is 21.1. The quantitative estimate of drug-likeness (QED) is 0.701. The van der Waals surface area contributed by atoms with Crippen LogP contribution in [0.4, 0.5) is 0 Å². The zero-order valence-electron chi connectivity index (χ0n) is 17.2. The summed E-state index contributed by atoms with van der Waals surface area (Å²) in [6.45, 7) is 1.52. The molecule has 2 aromatic rings. The predicted molar refractivity (Wildman–Crippen MR) is 115 cm³/mol. The Labute approximate surface area is 178 Å². The second-order valence-electron chi connectivity index (χ2n) is 8.14. The van der Waals surface area contributed by atoms with E-state index in [1.165, 1.54) is 5.56 Å². The molecule has 0 bridgehead atoms. The van der Waals surface area contributed by atoms with Crippen molar-refractivity contribution in [3.05, 3.63) is 59.7 Å². The average molecular weight is 429 g/mol. The maximum atomic E-state index is 12.7. The van der Waals surface area contributed by atoms with Gasteiger partial charge in [-0.25, -0.2) is 13.1 Å². The van der Waals surface area contributed by atoms with Gasteiger partial charge in [-0.3, -0.25) is 4.79 Å². The summed E-state index contributed by atoms with van der Waals surface area (Å²) in [6.07, 6.45) is 3.84. The van der Waals surface area contributed by atoms with Gasteiger partial charge in [-0.05, 0) is 61.1 Å². The van der Waals surface area contributed by atoms with Crippen molar-refractivity contribution < 1.29 is 17.9 Å². The normalized spacial score (nSPS) is 19.1. The molecule has 1 saturated carbocycles. The number of hydrogen-bond acceptors (Lipinski definition) is 4. The molecular formula is C23H28N2O4S. The lowest BCUT2D eigenvalue weighted by Crippen LogP contribution is -2.28.